The maximum Gasteiger partial charge on any atom is 0.291 e. The summed E-state index contributed by atoms with van der Waals surface area (Å²) in [5.74, 6) is 0.833. The van der Waals surface area contributed by atoms with Gasteiger partial charge in [-0.15, -0.1) is 0 Å². The molecule has 1 unspecified atom stereocenters. The van der Waals surface area contributed by atoms with Crippen molar-refractivity contribution < 1.29 is 18.7 Å². The standard InChI is InChI=1S/C26H20BrNO5/c1-31-20-10-8-16(12-21(20)32-2)23-22-24(29)18-13-17(27)9-11-19(18)33-25(22)26(30)28(23)14-15-6-4-3-5-7-15/h3-13,23H,14H2,1-2H3. The Hall–Kier alpha value is -3.58. The molecule has 0 fully saturated rings. The Balaban J connectivity index is 1.74. The van der Waals surface area contributed by atoms with Crippen molar-refractivity contribution in [2.24, 2.45) is 0 Å². The van der Waals surface area contributed by atoms with Crippen molar-refractivity contribution in [3.05, 3.63) is 104 Å². The minimum absolute atomic E-state index is 0.0746. The molecule has 33 heavy (non-hydrogen) atoms. The Morgan fingerprint density at radius 2 is 1.70 bits per heavy atom. The van der Waals surface area contributed by atoms with E-state index in [4.69, 9.17) is 13.9 Å². The van der Waals surface area contributed by atoms with Crippen molar-refractivity contribution in [3.63, 3.8) is 0 Å². The quantitative estimate of drug-likeness (QED) is 0.367. The van der Waals surface area contributed by atoms with Gasteiger partial charge in [0.1, 0.15) is 5.58 Å². The molecule has 0 bridgehead atoms. The van der Waals surface area contributed by atoms with Gasteiger partial charge in [-0.3, -0.25) is 9.59 Å². The van der Waals surface area contributed by atoms with Gasteiger partial charge in [0.2, 0.25) is 5.76 Å². The van der Waals surface area contributed by atoms with Crippen molar-refractivity contribution in [2.45, 2.75) is 12.6 Å². The van der Waals surface area contributed by atoms with Gasteiger partial charge < -0.3 is 18.8 Å². The molecule has 1 aromatic heterocycles. The number of benzene rings is 3. The highest BCUT2D eigenvalue weighted by Crippen LogP contribution is 2.41. The molecule has 6 nitrogen and oxygen atoms in total. The molecule has 0 radical (unpaired) electrons. The molecule has 0 aliphatic carbocycles. The first-order chi connectivity index (χ1) is 16.0. The largest absolute Gasteiger partial charge is 0.493 e. The zero-order valence-corrected chi connectivity index (χ0v) is 19.6. The number of halogens is 1. The van der Waals surface area contributed by atoms with Gasteiger partial charge in [0.15, 0.2) is 16.9 Å². The number of hydrogen-bond donors (Lipinski definition) is 0. The average molecular weight is 506 g/mol. The van der Waals surface area contributed by atoms with Crippen LogP contribution in [0.25, 0.3) is 11.0 Å². The molecule has 1 atom stereocenters. The maximum absolute atomic E-state index is 13.7. The highest BCUT2D eigenvalue weighted by molar-refractivity contribution is 9.10. The van der Waals surface area contributed by atoms with Gasteiger partial charge in [-0.05, 0) is 41.5 Å². The molecule has 1 aliphatic rings. The van der Waals surface area contributed by atoms with Crippen LogP contribution in [0.15, 0.2) is 80.4 Å². The van der Waals surface area contributed by atoms with Crippen molar-refractivity contribution in [1.29, 1.82) is 0 Å². The summed E-state index contributed by atoms with van der Waals surface area (Å²) in [7, 11) is 3.11. The Morgan fingerprint density at radius 3 is 2.42 bits per heavy atom. The number of rotatable bonds is 5. The molecule has 0 spiro atoms. The molecule has 7 heteroatoms. The Labute approximate surface area is 198 Å². The van der Waals surface area contributed by atoms with Gasteiger partial charge in [-0.2, -0.15) is 0 Å². The number of carbonyl (C=O) groups is 1. The minimum atomic E-state index is -0.632. The topological polar surface area (TPSA) is 69.0 Å². The van der Waals surface area contributed by atoms with Gasteiger partial charge in [0, 0.05) is 11.0 Å². The summed E-state index contributed by atoms with van der Waals surface area (Å²) in [4.78, 5) is 28.9. The average Bonchev–Trinajstić information content (AvgIpc) is 3.11. The van der Waals surface area contributed by atoms with Crippen LogP contribution >= 0.6 is 15.9 Å². The van der Waals surface area contributed by atoms with Gasteiger partial charge >= 0.3 is 0 Å². The van der Waals surface area contributed by atoms with Crippen LogP contribution in [0.4, 0.5) is 0 Å². The van der Waals surface area contributed by atoms with Gasteiger partial charge in [0.05, 0.1) is 31.2 Å². The SMILES string of the molecule is COc1ccc(C2c3c(oc4ccc(Br)cc4c3=O)C(=O)N2Cc2ccccc2)cc1OC. The molecule has 0 saturated heterocycles. The lowest BCUT2D eigenvalue weighted by atomic mass is 9.97. The monoisotopic (exact) mass is 505 g/mol. The highest BCUT2D eigenvalue weighted by atomic mass is 79.9. The first-order valence-electron chi connectivity index (χ1n) is 10.3. The Bertz CT molecular complexity index is 1430. The molecule has 5 rings (SSSR count). The molecule has 2 heterocycles. The van der Waals surface area contributed by atoms with E-state index in [1.54, 1.807) is 49.5 Å². The predicted molar refractivity (Wildman–Crippen MR) is 128 cm³/mol. The number of carbonyl (C=O) groups excluding carboxylic acids is 1. The molecular formula is C26H20BrNO5. The van der Waals surface area contributed by atoms with Crippen molar-refractivity contribution >= 4 is 32.8 Å². The van der Waals surface area contributed by atoms with Crippen LogP contribution in [-0.2, 0) is 6.54 Å². The second kappa shape index (κ2) is 8.41. The zero-order chi connectivity index (χ0) is 23.1. The van der Waals surface area contributed by atoms with Crippen molar-refractivity contribution in [2.75, 3.05) is 14.2 Å². The zero-order valence-electron chi connectivity index (χ0n) is 18.0. The van der Waals surface area contributed by atoms with E-state index in [0.717, 1.165) is 15.6 Å². The van der Waals surface area contributed by atoms with Gasteiger partial charge in [0.25, 0.3) is 5.91 Å². The Kier molecular flexibility index (Phi) is 5.42. The highest BCUT2D eigenvalue weighted by Gasteiger charge is 2.43. The summed E-state index contributed by atoms with van der Waals surface area (Å²) in [6.07, 6.45) is 0. The second-order valence-corrected chi connectivity index (χ2v) is 8.67. The molecule has 1 amide bonds. The van der Waals surface area contributed by atoms with Gasteiger partial charge in [-0.25, -0.2) is 0 Å². The van der Waals surface area contributed by atoms with E-state index in [1.807, 2.05) is 36.4 Å². The fraction of sp³-hybridized carbons (Fsp3) is 0.154. The Morgan fingerprint density at radius 1 is 0.939 bits per heavy atom. The smallest absolute Gasteiger partial charge is 0.291 e. The lowest BCUT2D eigenvalue weighted by molar-refractivity contribution is 0.0714. The van der Waals surface area contributed by atoms with E-state index >= 15 is 0 Å². The van der Waals surface area contributed by atoms with Crippen LogP contribution < -0.4 is 14.9 Å². The minimum Gasteiger partial charge on any atom is -0.493 e. The first kappa shape index (κ1) is 21.3. The number of nitrogens with zero attached hydrogens (tertiary/aromatic N) is 1. The summed E-state index contributed by atoms with van der Waals surface area (Å²) in [5.41, 5.74) is 2.16. The van der Waals surface area contributed by atoms with Crippen LogP contribution in [0, 0.1) is 0 Å². The normalized spacial score (nSPS) is 15.1. The third-order valence-electron chi connectivity index (χ3n) is 5.85. The summed E-state index contributed by atoms with van der Waals surface area (Å²) in [6, 6.07) is 19.6. The third kappa shape index (κ3) is 3.58. The molecule has 166 valence electrons. The van der Waals surface area contributed by atoms with Crippen LogP contribution in [0.3, 0.4) is 0 Å². The fourth-order valence-electron chi connectivity index (χ4n) is 4.31. The first-order valence-corrected chi connectivity index (χ1v) is 11.1. The van der Waals surface area contributed by atoms with Gasteiger partial charge in [-0.1, -0.05) is 52.3 Å². The van der Waals surface area contributed by atoms with Crippen LogP contribution in [-0.4, -0.2) is 25.0 Å². The summed E-state index contributed by atoms with van der Waals surface area (Å²) >= 11 is 3.42. The molecule has 0 saturated carbocycles. The summed E-state index contributed by atoms with van der Waals surface area (Å²) in [5, 5.41) is 0.419. The number of ether oxygens (including phenoxy) is 2. The van der Waals surface area contributed by atoms with Crippen LogP contribution in [0.5, 0.6) is 11.5 Å². The predicted octanol–water partition coefficient (Wildman–Crippen LogP) is 5.32. The second-order valence-electron chi connectivity index (χ2n) is 7.75. The van der Waals surface area contributed by atoms with E-state index < -0.39 is 6.04 Å². The van der Waals surface area contributed by atoms with E-state index in [2.05, 4.69) is 15.9 Å². The van der Waals surface area contributed by atoms with Crippen molar-refractivity contribution in [3.8, 4) is 11.5 Å². The lowest BCUT2D eigenvalue weighted by Crippen LogP contribution is -2.29. The lowest BCUT2D eigenvalue weighted by Gasteiger charge is -2.26. The molecule has 3 aromatic carbocycles. The summed E-state index contributed by atoms with van der Waals surface area (Å²) < 4.78 is 17.6. The van der Waals surface area contributed by atoms with E-state index in [1.165, 1.54) is 0 Å². The van der Waals surface area contributed by atoms with E-state index in [-0.39, 0.29) is 17.1 Å². The molecule has 0 N–H and O–H groups in total. The van der Waals surface area contributed by atoms with Crippen LogP contribution in [0.1, 0.15) is 33.3 Å². The number of amides is 1. The number of fused-ring (bicyclic) bond motifs is 2. The number of hydrogen-bond acceptors (Lipinski definition) is 5. The molecular weight excluding hydrogens is 486 g/mol. The third-order valence-corrected chi connectivity index (χ3v) is 6.34. The van der Waals surface area contributed by atoms with E-state index in [0.29, 0.717) is 34.6 Å². The van der Waals surface area contributed by atoms with E-state index in [9.17, 15) is 9.59 Å². The van der Waals surface area contributed by atoms with Crippen molar-refractivity contribution in [1.82, 2.24) is 4.90 Å². The van der Waals surface area contributed by atoms with Crippen LogP contribution in [0.2, 0.25) is 0 Å². The maximum atomic E-state index is 13.7. The molecule has 4 aromatic rings. The summed E-state index contributed by atoms with van der Waals surface area (Å²) in [6.45, 7) is 0.322. The molecule has 1 aliphatic heterocycles. The number of methoxy groups -OCH3 is 2. The fourth-order valence-corrected chi connectivity index (χ4v) is 4.67.